The zero-order valence-corrected chi connectivity index (χ0v) is 14.5. The van der Waals surface area contributed by atoms with E-state index in [0.29, 0.717) is 30.6 Å². The van der Waals surface area contributed by atoms with Crippen molar-refractivity contribution >= 4 is 17.7 Å². The summed E-state index contributed by atoms with van der Waals surface area (Å²) in [5.41, 5.74) is 2.89. The molecule has 4 heterocycles. The number of likely N-dealkylation sites (tertiary alicyclic amines) is 1. The summed E-state index contributed by atoms with van der Waals surface area (Å²) in [4.78, 5) is 40.3. The largest absolute Gasteiger partial charge is 0.322 e. The highest BCUT2D eigenvalue weighted by Crippen LogP contribution is 2.30. The van der Waals surface area contributed by atoms with Gasteiger partial charge in [-0.1, -0.05) is 12.1 Å². The number of nitrogens with one attached hydrogen (secondary N) is 2. The van der Waals surface area contributed by atoms with Crippen molar-refractivity contribution in [2.75, 3.05) is 13.1 Å². The van der Waals surface area contributed by atoms with E-state index in [1.54, 1.807) is 4.90 Å². The molecule has 1 aromatic rings. The number of piperidine rings is 1. The van der Waals surface area contributed by atoms with Crippen molar-refractivity contribution in [3.05, 3.63) is 34.9 Å². The van der Waals surface area contributed by atoms with Crippen LogP contribution in [0.2, 0.25) is 0 Å². The summed E-state index contributed by atoms with van der Waals surface area (Å²) in [7, 11) is 0. The Balaban J connectivity index is 1.32. The molecule has 0 radical (unpaired) electrons. The van der Waals surface area contributed by atoms with Crippen molar-refractivity contribution in [2.45, 2.75) is 50.5 Å². The second kappa shape index (κ2) is 5.89. The highest BCUT2D eigenvalue weighted by atomic mass is 16.2. The Bertz CT molecular complexity index is 808. The first kappa shape index (κ1) is 16.0. The third kappa shape index (κ3) is 2.54. The summed E-state index contributed by atoms with van der Waals surface area (Å²) in [6.07, 6.45) is 1.92. The first-order valence-corrected chi connectivity index (χ1v) is 9.32. The number of imide groups is 1. The molecule has 7 heteroatoms. The molecule has 3 fully saturated rings. The molecular formula is C19H22N4O3. The number of rotatable bonds is 3. The predicted octanol–water partition coefficient (Wildman–Crippen LogP) is -0.00630. The first-order chi connectivity index (χ1) is 12.6. The molecule has 3 amide bonds. The third-order valence-corrected chi connectivity index (χ3v) is 6.14. The van der Waals surface area contributed by atoms with E-state index in [0.717, 1.165) is 25.2 Å². The van der Waals surface area contributed by atoms with Crippen molar-refractivity contribution in [3.8, 4) is 0 Å². The number of hydrogen-bond acceptors (Lipinski definition) is 5. The van der Waals surface area contributed by atoms with Crippen molar-refractivity contribution < 1.29 is 14.4 Å². The number of amides is 3. The Labute approximate surface area is 151 Å². The fourth-order valence-corrected chi connectivity index (χ4v) is 4.80. The molecule has 0 saturated carbocycles. The SMILES string of the molecule is O=C1CCC(N2Cc3cc(CN4CC5CC4CN5)ccc3C2=O)C(=O)N1. The number of piperazine rings is 1. The van der Waals surface area contributed by atoms with Crippen LogP contribution in [-0.2, 0) is 22.7 Å². The number of nitrogens with zero attached hydrogens (tertiary/aromatic N) is 2. The second-order valence-corrected chi connectivity index (χ2v) is 7.82. The van der Waals surface area contributed by atoms with Crippen molar-refractivity contribution in [1.29, 1.82) is 0 Å². The average Bonchev–Trinajstić information content (AvgIpc) is 3.30. The van der Waals surface area contributed by atoms with E-state index >= 15 is 0 Å². The number of fused-ring (bicyclic) bond motifs is 3. The van der Waals surface area contributed by atoms with Crippen LogP contribution in [0.1, 0.15) is 40.7 Å². The monoisotopic (exact) mass is 354 g/mol. The van der Waals surface area contributed by atoms with Crippen LogP contribution < -0.4 is 10.6 Å². The number of carbonyl (C=O) groups is 3. The maximum absolute atomic E-state index is 12.7. The van der Waals surface area contributed by atoms with Crippen LogP contribution in [0.5, 0.6) is 0 Å². The van der Waals surface area contributed by atoms with Gasteiger partial charge in [-0.2, -0.15) is 0 Å². The Morgan fingerprint density at radius 2 is 2.08 bits per heavy atom. The quantitative estimate of drug-likeness (QED) is 0.747. The van der Waals surface area contributed by atoms with Gasteiger partial charge in [0.05, 0.1) is 0 Å². The van der Waals surface area contributed by atoms with E-state index in [1.807, 2.05) is 12.1 Å². The Morgan fingerprint density at radius 3 is 2.81 bits per heavy atom. The van der Waals surface area contributed by atoms with Crippen LogP contribution in [0.15, 0.2) is 18.2 Å². The molecule has 5 rings (SSSR count). The zero-order valence-electron chi connectivity index (χ0n) is 14.5. The number of carbonyl (C=O) groups excluding carboxylic acids is 3. The highest BCUT2D eigenvalue weighted by Gasteiger charge is 2.40. The topological polar surface area (TPSA) is 81.8 Å². The molecule has 7 nitrogen and oxygen atoms in total. The van der Waals surface area contributed by atoms with E-state index in [-0.39, 0.29) is 24.1 Å². The van der Waals surface area contributed by atoms with Gasteiger partial charge in [0, 0.05) is 50.2 Å². The minimum atomic E-state index is -0.545. The summed E-state index contributed by atoms with van der Waals surface area (Å²) < 4.78 is 0. The molecular weight excluding hydrogens is 332 g/mol. The predicted molar refractivity (Wildman–Crippen MR) is 93.1 cm³/mol. The molecule has 4 aliphatic rings. The van der Waals surface area contributed by atoms with Gasteiger partial charge in [-0.25, -0.2) is 0 Å². The van der Waals surface area contributed by atoms with Gasteiger partial charge in [0.1, 0.15) is 6.04 Å². The maximum atomic E-state index is 12.7. The molecule has 0 aliphatic carbocycles. The fourth-order valence-electron chi connectivity index (χ4n) is 4.80. The van der Waals surface area contributed by atoms with Crippen LogP contribution >= 0.6 is 0 Å². The minimum absolute atomic E-state index is 0.106. The molecule has 2 N–H and O–H groups in total. The Kier molecular flexibility index (Phi) is 3.62. The number of hydrogen-bond donors (Lipinski definition) is 2. The molecule has 136 valence electrons. The smallest absolute Gasteiger partial charge is 0.255 e. The first-order valence-electron chi connectivity index (χ1n) is 9.32. The van der Waals surface area contributed by atoms with Crippen LogP contribution in [0.4, 0.5) is 0 Å². The van der Waals surface area contributed by atoms with E-state index in [9.17, 15) is 14.4 Å². The van der Waals surface area contributed by atoms with Crippen molar-refractivity contribution in [3.63, 3.8) is 0 Å². The van der Waals surface area contributed by atoms with Gasteiger partial charge in [0.2, 0.25) is 11.8 Å². The molecule has 2 bridgehead atoms. The van der Waals surface area contributed by atoms with Gasteiger partial charge in [0.25, 0.3) is 5.91 Å². The van der Waals surface area contributed by atoms with Crippen LogP contribution in [0, 0.1) is 0 Å². The summed E-state index contributed by atoms with van der Waals surface area (Å²) in [5.74, 6) is -0.721. The molecule has 26 heavy (non-hydrogen) atoms. The van der Waals surface area contributed by atoms with Crippen molar-refractivity contribution in [1.82, 2.24) is 20.4 Å². The molecule has 3 saturated heterocycles. The van der Waals surface area contributed by atoms with E-state index < -0.39 is 6.04 Å². The van der Waals surface area contributed by atoms with Crippen LogP contribution in [0.25, 0.3) is 0 Å². The third-order valence-electron chi connectivity index (χ3n) is 6.14. The van der Waals surface area contributed by atoms with E-state index in [4.69, 9.17) is 0 Å². The lowest BCUT2D eigenvalue weighted by atomic mass is 10.0. The van der Waals surface area contributed by atoms with Gasteiger partial charge in [-0.3, -0.25) is 24.6 Å². The summed E-state index contributed by atoms with van der Waals surface area (Å²) >= 11 is 0. The average molecular weight is 354 g/mol. The van der Waals surface area contributed by atoms with Crippen molar-refractivity contribution in [2.24, 2.45) is 0 Å². The molecule has 3 atom stereocenters. The molecule has 0 aromatic heterocycles. The van der Waals surface area contributed by atoms with E-state index in [2.05, 4.69) is 21.6 Å². The lowest BCUT2D eigenvalue weighted by Gasteiger charge is -2.29. The molecule has 0 spiro atoms. The maximum Gasteiger partial charge on any atom is 0.255 e. The Hall–Kier alpha value is -2.25. The van der Waals surface area contributed by atoms with Gasteiger partial charge >= 0.3 is 0 Å². The van der Waals surface area contributed by atoms with Gasteiger partial charge in [0.15, 0.2) is 0 Å². The van der Waals surface area contributed by atoms with Gasteiger partial charge in [-0.15, -0.1) is 0 Å². The lowest BCUT2D eigenvalue weighted by Crippen LogP contribution is -2.52. The van der Waals surface area contributed by atoms with Crippen LogP contribution in [-0.4, -0.2) is 58.7 Å². The van der Waals surface area contributed by atoms with E-state index in [1.165, 1.54) is 12.0 Å². The molecule has 3 unspecified atom stereocenters. The minimum Gasteiger partial charge on any atom is -0.322 e. The molecule has 1 aromatic carbocycles. The highest BCUT2D eigenvalue weighted by molar-refractivity contribution is 6.05. The van der Waals surface area contributed by atoms with Crippen LogP contribution in [0.3, 0.4) is 0 Å². The number of benzene rings is 1. The summed E-state index contributed by atoms with van der Waals surface area (Å²) in [6.45, 7) is 3.51. The van der Waals surface area contributed by atoms with Gasteiger partial charge < -0.3 is 10.2 Å². The Morgan fingerprint density at radius 1 is 1.19 bits per heavy atom. The normalized spacial score (nSPS) is 30.8. The standard InChI is InChI=1S/C19H22N4O3/c24-17-4-3-16(18(25)21-17)23-9-12-5-11(1-2-15(12)19(23)26)8-22-10-13-6-14(22)7-20-13/h1-2,5,13-14,16,20H,3-4,6-10H2,(H,21,24,25). The van der Waals surface area contributed by atoms with Gasteiger partial charge in [-0.05, 0) is 30.0 Å². The summed E-state index contributed by atoms with van der Waals surface area (Å²) in [5, 5.41) is 5.86. The molecule has 4 aliphatic heterocycles. The fraction of sp³-hybridized carbons (Fsp3) is 0.526. The second-order valence-electron chi connectivity index (χ2n) is 7.82. The summed E-state index contributed by atoms with van der Waals surface area (Å²) in [6, 6.07) is 6.74. The zero-order chi connectivity index (χ0) is 17.8. The lowest BCUT2D eigenvalue weighted by molar-refractivity contribution is -0.136.